The van der Waals surface area contributed by atoms with Crippen LogP contribution in [0.1, 0.15) is 29.9 Å². The molecule has 3 rings (SSSR count). The van der Waals surface area contributed by atoms with Gasteiger partial charge in [-0.3, -0.25) is 4.79 Å². The highest BCUT2D eigenvalue weighted by Crippen LogP contribution is 2.24. The van der Waals surface area contributed by atoms with Gasteiger partial charge >= 0.3 is 0 Å². The fourth-order valence-electron chi connectivity index (χ4n) is 3.03. The van der Waals surface area contributed by atoms with Crippen molar-refractivity contribution in [3.63, 3.8) is 0 Å². The molecule has 1 unspecified atom stereocenters. The predicted molar refractivity (Wildman–Crippen MR) is 117 cm³/mol. The number of nitrogens with zero attached hydrogens (tertiary/aromatic N) is 2. The number of hydrogen-bond acceptors (Lipinski definition) is 3. The van der Waals surface area contributed by atoms with E-state index in [1.165, 1.54) is 4.90 Å². The summed E-state index contributed by atoms with van der Waals surface area (Å²) in [5.41, 5.74) is 3.11. The van der Waals surface area contributed by atoms with Gasteiger partial charge in [0, 0.05) is 25.0 Å². The Balaban J connectivity index is 1.75. The van der Waals surface area contributed by atoms with Crippen LogP contribution in [0.3, 0.4) is 0 Å². The van der Waals surface area contributed by atoms with E-state index in [1.807, 2.05) is 36.4 Å². The largest absolute Gasteiger partial charge is 0.459 e. The van der Waals surface area contributed by atoms with Gasteiger partial charge in [-0.05, 0) is 25.5 Å². The van der Waals surface area contributed by atoms with Crippen LogP contribution in [0, 0.1) is 6.92 Å². The van der Waals surface area contributed by atoms with E-state index in [-0.39, 0.29) is 18.5 Å². The first-order valence-electron chi connectivity index (χ1n) is 9.72. The first-order valence-corrected chi connectivity index (χ1v) is 9.72. The molecule has 0 saturated carbocycles. The van der Waals surface area contributed by atoms with Crippen molar-refractivity contribution in [3.05, 3.63) is 71.5 Å². The van der Waals surface area contributed by atoms with Gasteiger partial charge in [-0.2, -0.15) is 0 Å². The number of nitrogens with one attached hydrogen (secondary N) is 2. The number of carbonyl (C=O) groups is 1. The summed E-state index contributed by atoms with van der Waals surface area (Å²) in [5.74, 6) is 1.36. The Morgan fingerprint density at radius 2 is 1.79 bits per heavy atom. The first kappa shape index (κ1) is 20.5. The minimum atomic E-state index is -0.0571. The average Bonchev–Trinajstić information content (AvgIpc) is 3.06. The molecule has 1 atom stereocenters. The maximum atomic E-state index is 12.0. The van der Waals surface area contributed by atoms with Gasteiger partial charge in [-0.15, -0.1) is 0 Å². The molecule has 0 aliphatic rings. The molecule has 0 fully saturated rings. The van der Waals surface area contributed by atoms with Crippen LogP contribution in [0.5, 0.6) is 0 Å². The van der Waals surface area contributed by atoms with Gasteiger partial charge in [0.1, 0.15) is 17.9 Å². The van der Waals surface area contributed by atoms with Crippen LogP contribution in [0.2, 0.25) is 0 Å². The maximum Gasteiger partial charge on any atom is 0.243 e. The van der Waals surface area contributed by atoms with Gasteiger partial charge in [0.25, 0.3) is 0 Å². The number of aryl methyl sites for hydroxylation is 1. The van der Waals surface area contributed by atoms with Crippen molar-refractivity contribution in [2.45, 2.75) is 26.4 Å². The van der Waals surface area contributed by atoms with Crippen LogP contribution in [0.15, 0.2) is 64.0 Å². The summed E-state index contributed by atoms with van der Waals surface area (Å²) in [6.45, 7) is 4.66. The third kappa shape index (κ3) is 5.16. The quantitative estimate of drug-likeness (QED) is 0.496. The van der Waals surface area contributed by atoms with E-state index in [1.54, 1.807) is 14.1 Å². The molecular formula is C23H28N4O2. The van der Waals surface area contributed by atoms with Gasteiger partial charge < -0.3 is 20.0 Å². The second kappa shape index (κ2) is 9.28. The zero-order chi connectivity index (χ0) is 20.8. The summed E-state index contributed by atoms with van der Waals surface area (Å²) < 4.78 is 5.98. The van der Waals surface area contributed by atoms with Crippen LogP contribution in [0.25, 0.3) is 11.0 Å². The van der Waals surface area contributed by atoms with Gasteiger partial charge in [0.2, 0.25) is 5.91 Å². The van der Waals surface area contributed by atoms with Crippen LogP contribution in [-0.4, -0.2) is 37.4 Å². The van der Waals surface area contributed by atoms with Gasteiger partial charge in [-0.1, -0.05) is 48.5 Å². The minimum Gasteiger partial charge on any atom is -0.459 e. The SMILES string of the molecule is Cc1c(CNC(=NCC(=O)N(C)C)NC(C)c2ccccc2)oc2ccccc12. The summed E-state index contributed by atoms with van der Waals surface area (Å²) in [6, 6.07) is 18.1. The summed E-state index contributed by atoms with van der Waals surface area (Å²) in [4.78, 5) is 18.0. The molecule has 1 amide bonds. The number of furan rings is 1. The van der Waals surface area contributed by atoms with Gasteiger partial charge in [0.15, 0.2) is 5.96 Å². The van der Waals surface area contributed by atoms with Crippen molar-refractivity contribution in [1.29, 1.82) is 0 Å². The van der Waals surface area contributed by atoms with Crippen molar-refractivity contribution in [2.24, 2.45) is 4.99 Å². The van der Waals surface area contributed by atoms with E-state index in [0.29, 0.717) is 12.5 Å². The number of hydrogen-bond donors (Lipinski definition) is 2. The molecule has 0 bridgehead atoms. The van der Waals surface area contributed by atoms with Gasteiger partial charge in [0.05, 0.1) is 12.6 Å². The standard InChI is InChI=1S/C23H28N4O2/c1-16-19-12-8-9-13-20(19)29-21(16)14-24-23(25-15-22(28)27(3)4)26-17(2)18-10-6-5-7-11-18/h5-13,17H,14-15H2,1-4H3,(H2,24,25,26). The van der Waals surface area contributed by atoms with E-state index < -0.39 is 0 Å². The van der Waals surface area contributed by atoms with E-state index in [9.17, 15) is 4.79 Å². The average molecular weight is 393 g/mol. The topological polar surface area (TPSA) is 69.9 Å². The smallest absolute Gasteiger partial charge is 0.243 e. The maximum absolute atomic E-state index is 12.0. The number of likely N-dealkylation sites (N-methyl/N-ethyl adjacent to an activating group) is 1. The number of rotatable bonds is 6. The lowest BCUT2D eigenvalue weighted by Crippen LogP contribution is -2.39. The Morgan fingerprint density at radius 1 is 1.10 bits per heavy atom. The number of aliphatic imine (C=N–C) groups is 1. The van der Waals surface area contributed by atoms with Crippen molar-refractivity contribution >= 4 is 22.8 Å². The Morgan fingerprint density at radius 3 is 2.48 bits per heavy atom. The number of para-hydroxylation sites is 1. The molecule has 0 saturated heterocycles. The lowest BCUT2D eigenvalue weighted by atomic mass is 10.1. The Kier molecular flexibility index (Phi) is 6.54. The monoisotopic (exact) mass is 392 g/mol. The molecule has 6 heteroatoms. The molecule has 0 aliphatic carbocycles. The first-order chi connectivity index (χ1) is 14.0. The molecule has 6 nitrogen and oxygen atoms in total. The molecule has 0 spiro atoms. The minimum absolute atomic E-state index is 0.0358. The number of guanidine groups is 1. The third-order valence-electron chi connectivity index (χ3n) is 4.88. The van der Waals surface area contributed by atoms with Crippen molar-refractivity contribution in [1.82, 2.24) is 15.5 Å². The lowest BCUT2D eigenvalue weighted by Gasteiger charge is -2.19. The molecule has 1 heterocycles. The molecular weight excluding hydrogens is 364 g/mol. The number of carbonyl (C=O) groups excluding carboxylic acids is 1. The second-order valence-electron chi connectivity index (χ2n) is 7.23. The summed E-state index contributed by atoms with van der Waals surface area (Å²) in [7, 11) is 3.45. The molecule has 29 heavy (non-hydrogen) atoms. The van der Waals surface area contributed by atoms with Crippen LogP contribution < -0.4 is 10.6 Å². The highest BCUT2D eigenvalue weighted by Gasteiger charge is 2.13. The van der Waals surface area contributed by atoms with E-state index >= 15 is 0 Å². The van der Waals surface area contributed by atoms with Crippen LogP contribution in [0.4, 0.5) is 0 Å². The molecule has 2 N–H and O–H groups in total. The normalized spacial score (nSPS) is 12.6. The number of amides is 1. The van der Waals surface area contributed by atoms with Gasteiger partial charge in [-0.25, -0.2) is 4.99 Å². The fraction of sp³-hybridized carbons (Fsp3) is 0.304. The molecule has 3 aromatic rings. The molecule has 152 valence electrons. The summed E-state index contributed by atoms with van der Waals surface area (Å²) >= 11 is 0. The zero-order valence-electron chi connectivity index (χ0n) is 17.4. The molecule has 0 radical (unpaired) electrons. The zero-order valence-corrected chi connectivity index (χ0v) is 17.4. The van der Waals surface area contributed by atoms with Crippen LogP contribution >= 0.6 is 0 Å². The van der Waals surface area contributed by atoms with E-state index in [2.05, 4.69) is 47.7 Å². The predicted octanol–water partition coefficient (Wildman–Crippen LogP) is 3.63. The molecule has 0 aliphatic heterocycles. The number of benzene rings is 2. The van der Waals surface area contributed by atoms with Crippen molar-refractivity contribution in [3.8, 4) is 0 Å². The van der Waals surface area contributed by atoms with E-state index in [4.69, 9.17) is 4.42 Å². The summed E-state index contributed by atoms with van der Waals surface area (Å²) in [6.07, 6.45) is 0. The third-order valence-corrected chi connectivity index (χ3v) is 4.88. The second-order valence-corrected chi connectivity index (χ2v) is 7.23. The van der Waals surface area contributed by atoms with Crippen LogP contribution in [-0.2, 0) is 11.3 Å². The Hall–Kier alpha value is -3.28. The highest BCUT2D eigenvalue weighted by atomic mass is 16.3. The Bertz CT molecular complexity index is 993. The number of fused-ring (bicyclic) bond motifs is 1. The lowest BCUT2D eigenvalue weighted by molar-refractivity contribution is -0.127. The summed E-state index contributed by atoms with van der Waals surface area (Å²) in [5, 5.41) is 7.79. The fourth-order valence-corrected chi connectivity index (χ4v) is 3.03. The molecule has 2 aromatic carbocycles. The van der Waals surface area contributed by atoms with Crippen molar-refractivity contribution in [2.75, 3.05) is 20.6 Å². The Labute approximate surface area is 171 Å². The molecule has 1 aromatic heterocycles. The van der Waals surface area contributed by atoms with Crippen molar-refractivity contribution < 1.29 is 9.21 Å². The highest BCUT2D eigenvalue weighted by molar-refractivity contribution is 5.85. The van der Waals surface area contributed by atoms with E-state index in [0.717, 1.165) is 27.9 Å².